The number of nitrogens with one attached hydrogen (secondary N) is 1. The van der Waals surface area contributed by atoms with Gasteiger partial charge in [-0.1, -0.05) is 18.2 Å². The number of amides is 1. The minimum Gasteiger partial charge on any atom is -0.493 e. The standard InChI is InChI=1S/C25H28N4O6S/c1-36-11-8-20(25(33)34)29(15-6-9-26-23(31)12-15)21-13-19(27-17-5-3-2-4-16(17)21)24(32)28-18-7-10-35-14-22(18)30/h2-6,9,12-13,18,20,22,30H,7-8,10-11,14H2,1H3,(H,26,31)(H,28,32)(H,33,34)/t18?,20-,22?/m0/s1. The third kappa shape index (κ3) is 5.69. The molecule has 190 valence electrons. The van der Waals surface area contributed by atoms with Crippen molar-refractivity contribution in [2.75, 3.05) is 30.1 Å². The smallest absolute Gasteiger partial charge is 0.326 e. The zero-order chi connectivity index (χ0) is 25.7. The number of aliphatic hydroxyl groups is 1. The molecule has 4 N–H and O–H groups in total. The number of carboxylic acids is 1. The molecule has 3 atom stereocenters. The van der Waals surface area contributed by atoms with Crippen LogP contribution in [0, 0.1) is 0 Å². The van der Waals surface area contributed by atoms with Crippen LogP contribution in [0.15, 0.2) is 48.7 Å². The Hall–Kier alpha value is -3.41. The Morgan fingerprint density at radius 1 is 1.28 bits per heavy atom. The molecule has 1 amide bonds. The summed E-state index contributed by atoms with van der Waals surface area (Å²) in [5, 5.41) is 33.9. The maximum atomic E-state index is 13.2. The molecule has 0 bridgehead atoms. The van der Waals surface area contributed by atoms with Crippen LogP contribution in [0.25, 0.3) is 10.9 Å². The number of ether oxygens (including phenoxy) is 1. The Kier molecular flexibility index (Phi) is 8.24. The summed E-state index contributed by atoms with van der Waals surface area (Å²) < 4.78 is 5.24. The molecule has 1 aromatic carbocycles. The molecule has 2 aromatic heterocycles. The van der Waals surface area contributed by atoms with Crippen molar-refractivity contribution in [2.45, 2.75) is 31.0 Å². The predicted molar refractivity (Wildman–Crippen MR) is 137 cm³/mol. The Balaban J connectivity index is 1.84. The van der Waals surface area contributed by atoms with Crippen LogP contribution in [0.3, 0.4) is 0 Å². The molecule has 0 radical (unpaired) electrons. The first-order valence-corrected chi connectivity index (χ1v) is 12.9. The summed E-state index contributed by atoms with van der Waals surface area (Å²) in [7, 11) is 0. The van der Waals surface area contributed by atoms with Gasteiger partial charge in [0, 0.05) is 29.9 Å². The highest BCUT2D eigenvalue weighted by Gasteiger charge is 2.31. The van der Waals surface area contributed by atoms with Crippen LogP contribution in [0.1, 0.15) is 23.3 Å². The Bertz CT molecular complexity index is 1240. The molecule has 36 heavy (non-hydrogen) atoms. The van der Waals surface area contributed by atoms with E-state index in [-0.39, 0.29) is 18.2 Å². The predicted octanol–water partition coefficient (Wildman–Crippen LogP) is 2.56. The number of aliphatic carboxylic acids is 1. The number of aliphatic hydroxyl groups excluding tert-OH is 1. The number of rotatable bonds is 9. The molecule has 1 aliphatic rings. The maximum Gasteiger partial charge on any atom is 0.326 e. The van der Waals surface area contributed by atoms with Gasteiger partial charge >= 0.3 is 5.97 Å². The molecule has 1 saturated heterocycles. The van der Waals surface area contributed by atoms with E-state index in [1.165, 1.54) is 24.0 Å². The molecule has 4 rings (SSSR count). The van der Waals surface area contributed by atoms with E-state index in [0.29, 0.717) is 47.5 Å². The van der Waals surface area contributed by atoms with Gasteiger partial charge in [0.15, 0.2) is 0 Å². The van der Waals surface area contributed by atoms with Gasteiger partial charge in [0.05, 0.1) is 30.0 Å². The van der Waals surface area contributed by atoms with Crippen molar-refractivity contribution in [1.82, 2.24) is 15.3 Å². The molecule has 11 heteroatoms. The van der Waals surface area contributed by atoms with Crippen LogP contribution in [-0.2, 0) is 9.53 Å². The number of para-hydroxylation sites is 1. The Morgan fingerprint density at radius 3 is 2.81 bits per heavy atom. The number of benzene rings is 1. The zero-order valence-corrected chi connectivity index (χ0v) is 20.5. The Morgan fingerprint density at radius 2 is 2.08 bits per heavy atom. The third-order valence-electron chi connectivity index (χ3n) is 6.03. The molecular formula is C25H28N4O6S. The van der Waals surface area contributed by atoms with E-state index >= 15 is 0 Å². The van der Waals surface area contributed by atoms with Crippen molar-refractivity contribution in [2.24, 2.45) is 0 Å². The van der Waals surface area contributed by atoms with Gasteiger partial charge < -0.3 is 30.3 Å². The monoisotopic (exact) mass is 512 g/mol. The van der Waals surface area contributed by atoms with Crippen LogP contribution in [0.4, 0.5) is 11.4 Å². The van der Waals surface area contributed by atoms with E-state index in [4.69, 9.17) is 4.74 Å². The summed E-state index contributed by atoms with van der Waals surface area (Å²) in [6, 6.07) is 10.2. The molecule has 1 aliphatic heterocycles. The van der Waals surface area contributed by atoms with E-state index in [9.17, 15) is 24.9 Å². The second kappa shape index (κ2) is 11.5. The lowest BCUT2D eigenvalue weighted by molar-refractivity contribution is -0.138. The molecule has 10 nitrogen and oxygen atoms in total. The highest BCUT2D eigenvalue weighted by atomic mass is 32.2. The number of carbonyl (C=O) groups excluding carboxylic acids is 1. The number of hydrogen-bond acceptors (Lipinski definition) is 9. The minimum absolute atomic E-state index is 0.0830. The van der Waals surface area contributed by atoms with E-state index in [1.54, 1.807) is 29.2 Å². The summed E-state index contributed by atoms with van der Waals surface area (Å²) in [6.45, 7) is 0.559. The van der Waals surface area contributed by atoms with Gasteiger partial charge in [-0.2, -0.15) is 11.8 Å². The number of pyridine rings is 2. The van der Waals surface area contributed by atoms with Gasteiger partial charge in [-0.25, -0.2) is 14.8 Å². The molecule has 3 heterocycles. The fourth-order valence-corrected chi connectivity index (χ4v) is 4.70. The number of thioether (sulfide) groups is 1. The third-order valence-corrected chi connectivity index (χ3v) is 6.67. The lowest BCUT2D eigenvalue weighted by Gasteiger charge is -2.32. The van der Waals surface area contributed by atoms with Crippen molar-refractivity contribution in [3.05, 3.63) is 54.4 Å². The number of nitrogens with zero attached hydrogens (tertiary/aromatic N) is 3. The first-order chi connectivity index (χ1) is 17.4. The zero-order valence-electron chi connectivity index (χ0n) is 19.7. The fraction of sp³-hybridized carbons (Fsp3) is 0.360. The quantitative estimate of drug-likeness (QED) is 0.337. The number of carboxylic acid groups (broad SMARTS) is 1. The van der Waals surface area contributed by atoms with E-state index in [1.807, 2.05) is 18.4 Å². The van der Waals surface area contributed by atoms with Crippen LogP contribution in [0.2, 0.25) is 0 Å². The second-order valence-electron chi connectivity index (χ2n) is 8.43. The lowest BCUT2D eigenvalue weighted by Crippen LogP contribution is -2.48. The van der Waals surface area contributed by atoms with Crippen molar-refractivity contribution in [3.8, 4) is 5.88 Å². The number of anilines is 2. The molecule has 3 aromatic rings. The van der Waals surface area contributed by atoms with Crippen molar-refractivity contribution in [3.63, 3.8) is 0 Å². The highest BCUT2D eigenvalue weighted by molar-refractivity contribution is 7.98. The van der Waals surface area contributed by atoms with Crippen LogP contribution >= 0.6 is 11.8 Å². The number of aromatic nitrogens is 2. The van der Waals surface area contributed by atoms with Crippen molar-refractivity contribution >= 4 is 45.9 Å². The molecular weight excluding hydrogens is 484 g/mol. The number of aromatic hydroxyl groups is 1. The summed E-state index contributed by atoms with van der Waals surface area (Å²) in [4.78, 5) is 35.7. The lowest BCUT2D eigenvalue weighted by atomic mass is 10.0. The van der Waals surface area contributed by atoms with Crippen LogP contribution < -0.4 is 10.2 Å². The number of fused-ring (bicyclic) bond motifs is 1. The van der Waals surface area contributed by atoms with Gasteiger partial charge in [-0.05, 0) is 43.0 Å². The first kappa shape index (κ1) is 25.7. The summed E-state index contributed by atoms with van der Waals surface area (Å²) in [6.07, 6.45) is 3.24. The van der Waals surface area contributed by atoms with E-state index in [2.05, 4.69) is 15.3 Å². The molecule has 0 aliphatic carbocycles. The van der Waals surface area contributed by atoms with Gasteiger partial charge in [0.2, 0.25) is 5.88 Å². The van der Waals surface area contributed by atoms with Crippen molar-refractivity contribution in [1.29, 1.82) is 0 Å². The Labute approximate surface area is 212 Å². The van der Waals surface area contributed by atoms with Crippen molar-refractivity contribution < 1.29 is 29.6 Å². The van der Waals surface area contributed by atoms with Gasteiger partial charge in [-0.15, -0.1) is 0 Å². The average Bonchev–Trinajstić information content (AvgIpc) is 2.87. The average molecular weight is 513 g/mol. The highest BCUT2D eigenvalue weighted by Crippen LogP contribution is 2.36. The van der Waals surface area contributed by atoms with Crippen LogP contribution in [0.5, 0.6) is 5.88 Å². The van der Waals surface area contributed by atoms with E-state index < -0.39 is 30.1 Å². The van der Waals surface area contributed by atoms with Crippen LogP contribution in [-0.4, -0.2) is 80.6 Å². The molecule has 0 spiro atoms. The number of hydrogen-bond donors (Lipinski definition) is 4. The summed E-state index contributed by atoms with van der Waals surface area (Å²) >= 11 is 1.53. The largest absolute Gasteiger partial charge is 0.493 e. The molecule has 0 saturated carbocycles. The molecule has 2 unspecified atom stereocenters. The SMILES string of the molecule is CSCC[C@@H](C(=O)O)N(c1ccnc(O)c1)c1cc(C(=O)NC2CCOCC2O)nc2ccccc12. The van der Waals surface area contributed by atoms with Gasteiger partial charge in [0.25, 0.3) is 5.91 Å². The maximum absolute atomic E-state index is 13.2. The van der Waals surface area contributed by atoms with E-state index in [0.717, 1.165) is 0 Å². The minimum atomic E-state index is -1.04. The molecule has 1 fully saturated rings. The van der Waals surface area contributed by atoms with Gasteiger partial charge in [-0.3, -0.25) is 4.79 Å². The number of carbonyl (C=O) groups is 2. The fourth-order valence-electron chi connectivity index (χ4n) is 4.24. The first-order valence-electron chi connectivity index (χ1n) is 11.5. The second-order valence-corrected chi connectivity index (χ2v) is 9.42. The summed E-state index contributed by atoms with van der Waals surface area (Å²) in [5.41, 5.74) is 1.46. The topological polar surface area (TPSA) is 145 Å². The van der Waals surface area contributed by atoms with Gasteiger partial charge in [0.1, 0.15) is 11.7 Å². The normalized spacial score (nSPS) is 18.5. The summed E-state index contributed by atoms with van der Waals surface area (Å²) in [5.74, 6) is -1.20.